The number of Topliss-reactive ketones (excluding diaryl/α,β-unsaturated/α-hetero) is 1. The summed E-state index contributed by atoms with van der Waals surface area (Å²) in [7, 11) is 0. The van der Waals surface area contributed by atoms with E-state index in [1.165, 1.54) is 6.92 Å². The largest absolute Gasteiger partial charge is 0.482 e. The zero-order valence-electron chi connectivity index (χ0n) is 15.8. The van der Waals surface area contributed by atoms with Crippen LogP contribution in [0.2, 0.25) is 0 Å². The fraction of sp³-hybridized carbons (Fsp3) is 0.350. The number of benzene rings is 1. The SMILES string of the molecule is CCOC(=O)c1c(C)[nH]c(C(=O)[C@@H](C)OC(=O)COc2ccccc2)c1C. The lowest BCUT2D eigenvalue weighted by Gasteiger charge is -2.13. The summed E-state index contributed by atoms with van der Waals surface area (Å²) in [5, 5.41) is 0. The van der Waals surface area contributed by atoms with Crippen LogP contribution in [0.5, 0.6) is 5.75 Å². The van der Waals surface area contributed by atoms with Crippen molar-refractivity contribution >= 4 is 17.7 Å². The predicted octanol–water partition coefficient (Wildman–Crippen LogP) is 3.00. The fourth-order valence-corrected chi connectivity index (χ4v) is 2.65. The van der Waals surface area contributed by atoms with E-state index in [2.05, 4.69) is 4.98 Å². The second kappa shape index (κ2) is 9.02. The summed E-state index contributed by atoms with van der Waals surface area (Å²) in [6.45, 7) is 6.44. The maximum atomic E-state index is 12.6. The average Bonchev–Trinajstić information content (AvgIpc) is 2.94. The van der Waals surface area contributed by atoms with Crippen molar-refractivity contribution in [3.05, 3.63) is 52.8 Å². The molecule has 0 bridgehead atoms. The van der Waals surface area contributed by atoms with Gasteiger partial charge in [-0.2, -0.15) is 0 Å². The summed E-state index contributed by atoms with van der Waals surface area (Å²) >= 11 is 0. The highest BCUT2D eigenvalue weighted by Crippen LogP contribution is 2.21. The fourth-order valence-electron chi connectivity index (χ4n) is 2.65. The number of para-hydroxylation sites is 1. The molecule has 0 aliphatic rings. The first-order valence-electron chi connectivity index (χ1n) is 8.63. The lowest BCUT2D eigenvalue weighted by Crippen LogP contribution is -2.28. The first-order chi connectivity index (χ1) is 12.8. The number of H-pyrrole nitrogens is 1. The molecule has 144 valence electrons. The Labute approximate surface area is 157 Å². The Bertz CT molecular complexity index is 824. The van der Waals surface area contributed by atoms with Gasteiger partial charge in [0.15, 0.2) is 12.7 Å². The number of rotatable bonds is 8. The van der Waals surface area contributed by atoms with E-state index in [1.807, 2.05) is 6.07 Å². The molecule has 0 spiro atoms. The van der Waals surface area contributed by atoms with Crippen LogP contribution in [0.3, 0.4) is 0 Å². The van der Waals surface area contributed by atoms with Crippen molar-refractivity contribution in [3.63, 3.8) is 0 Å². The predicted molar refractivity (Wildman–Crippen MR) is 98.0 cm³/mol. The minimum atomic E-state index is -1.02. The second-order valence-electron chi connectivity index (χ2n) is 5.94. The third-order valence-electron chi connectivity index (χ3n) is 3.94. The second-order valence-corrected chi connectivity index (χ2v) is 5.94. The smallest absolute Gasteiger partial charge is 0.344 e. The van der Waals surface area contributed by atoms with Gasteiger partial charge in [0, 0.05) is 5.69 Å². The highest BCUT2D eigenvalue weighted by molar-refractivity contribution is 6.04. The number of hydrogen-bond acceptors (Lipinski definition) is 6. The number of ether oxygens (including phenoxy) is 3. The number of aryl methyl sites for hydroxylation is 1. The van der Waals surface area contributed by atoms with Gasteiger partial charge in [-0.3, -0.25) is 4.79 Å². The Morgan fingerprint density at radius 1 is 1.11 bits per heavy atom. The molecule has 0 aliphatic carbocycles. The van der Waals surface area contributed by atoms with Gasteiger partial charge in [-0.05, 0) is 45.4 Å². The van der Waals surface area contributed by atoms with Crippen LogP contribution in [-0.4, -0.2) is 42.0 Å². The van der Waals surface area contributed by atoms with Gasteiger partial charge in [0.25, 0.3) is 0 Å². The van der Waals surface area contributed by atoms with E-state index in [4.69, 9.17) is 14.2 Å². The molecule has 0 radical (unpaired) electrons. The third-order valence-corrected chi connectivity index (χ3v) is 3.94. The van der Waals surface area contributed by atoms with Crippen LogP contribution in [0, 0.1) is 13.8 Å². The molecule has 7 nitrogen and oxygen atoms in total. The molecule has 0 unspecified atom stereocenters. The molecule has 7 heteroatoms. The van der Waals surface area contributed by atoms with E-state index < -0.39 is 23.8 Å². The number of nitrogens with one attached hydrogen (secondary N) is 1. The summed E-state index contributed by atoms with van der Waals surface area (Å²) in [6.07, 6.45) is -1.02. The van der Waals surface area contributed by atoms with Crippen LogP contribution in [0.4, 0.5) is 0 Å². The topological polar surface area (TPSA) is 94.7 Å². The number of aromatic amines is 1. The van der Waals surface area contributed by atoms with Crippen LogP contribution < -0.4 is 4.74 Å². The molecule has 0 fully saturated rings. The number of ketones is 1. The summed E-state index contributed by atoms with van der Waals surface area (Å²) < 4.78 is 15.5. The normalized spacial score (nSPS) is 11.6. The van der Waals surface area contributed by atoms with Gasteiger partial charge >= 0.3 is 11.9 Å². The quantitative estimate of drug-likeness (QED) is 0.565. The molecule has 0 saturated heterocycles. The zero-order valence-corrected chi connectivity index (χ0v) is 15.8. The Morgan fingerprint density at radius 2 is 1.78 bits per heavy atom. The number of hydrogen-bond donors (Lipinski definition) is 1. The van der Waals surface area contributed by atoms with Crippen molar-refractivity contribution in [2.75, 3.05) is 13.2 Å². The van der Waals surface area contributed by atoms with Crippen molar-refractivity contribution in [3.8, 4) is 5.75 Å². The summed E-state index contributed by atoms with van der Waals surface area (Å²) in [5.74, 6) is -1.06. The van der Waals surface area contributed by atoms with E-state index >= 15 is 0 Å². The van der Waals surface area contributed by atoms with Gasteiger partial charge in [0.05, 0.1) is 17.9 Å². The lowest BCUT2D eigenvalue weighted by molar-refractivity contribution is -0.148. The lowest BCUT2D eigenvalue weighted by atomic mass is 10.1. The third kappa shape index (κ3) is 4.97. The standard InChI is InChI=1S/C20H23NO6/c1-5-25-20(24)17-12(2)18(21-13(17)3)19(23)14(4)27-16(22)11-26-15-9-7-6-8-10-15/h6-10,14,21H,5,11H2,1-4H3/t14-/m1/s1. The van der Waals surface area contributed by atoms with E-state index in [0.717, 1.165) is 0 Å². The molecule has 2 rings (SSSR count). The number of aromatic nitrogens is 1. The first-order valence-corrected chi connectivity index (χ1v) is 8.63. The van der Waals surface area contributed by atoms with Crippen molar-refractivity contribution in [2.45, 2.75) is 33.8 Å². The molecule has 0 aliphatic heterocycles. The Hall–Kier alpha value is -3.09. The highest BCUT2D eigenvalue weighted by atomic mass is 16.6. The number of carbonyl (C=O) groups excluding carboxylic acids is 3. The molecule has 1 N–H and O–H groups in total. The van der Waals surface area contributed by atoms with Crippen molar-refractivity contribution in [1.82, 2.24) is 4.98 Å². The first kappa shape index (κ1) is 20.2. The van der Waals surface area contributed by atoms with Crippen molar-refractivity contribution in [2.24, 2.45) is 0 Å². The Morgan fingerprint density at radius 3 is 2.41 bits per heavy atom. The van der Waals surface area contributed by atoms with Gasteiger partial charge < -0.3 is 19.2 Å². The average molecular weight is 373 g/mol. The van der Waals surface area contributed by atoms with Gasteiger partial charge in [0.1, 0.15) is 5.75 Å². The molecule has 1 heterocycles. The molecule has 27 heavy (non-hydrogen) atoms. The van der Waals surface area contributed by atoms with E-state index in [1.54, 1.807) is 45.0 Å². The minimum absolute atomic E-state index is 0.222. The van der Waals surface area contributed by atoms with E-state index in [0.29, 0.717) is 22.6 Å². The van der Waals surface area contributed by atoms with Crippen LogP contribution in [0.1, 0.15) is 46.0 Å². The molecular weight excluding hydrogens is 350 g/mol. The van der Waals surface area contributed by atoms with Gasteiger partial charge in [-0.15, -0.1) is 0 Å². The summed E-state index contributed by atoms with van der Waals surface area (Å²) in [4.78, 5) is 39.5. The van der Waals surface area contributed by atoms with Crippen LogP contribution in [-0.2, 0) is 14.3 Å². The van der Waals surface area contributed by atoms with Crippen molar-refractivity contribution < 1.29 is 28.6 Å². The van der Waals surface area contributed by atoms with Crippen LogP contribution in [0.25, 0.3) is 0 Å². The molecule has 1 atom stereocenters. The highest BCUT2D eigenvalue weighted by Gasteiger charge is 2.27. The molecule has 0 saturated carbocycles. The van der Waals surface area contributed by atoms with Gasteiger partial charge in [-0.25, -0.2) is 9.59 Å². The zero-order chi connectivity index (χ0) is 20.0. The molecule has 2 aromatic rings. The molecular formula is C20H23NO6. The molecule has 0 amide bonds. The van der Waals surface area contributed by atoms with Crippen LogP contribution in [0.15, 0.2) is 30.3 Å². The monoisotopic (exact) mass is 373 g/mol. The maximum absolute atomic E-state index is 12.6. The summed E-state index contributed by atoms with van der Waals surface area (Å²) in [6, 6.07) is 8.82. The molecule has 1 aromatic carbocycles. The van der Waals surface area contributed by atoms with Gasteiger partial charge in [0.2, 0.25) is 5.78 Å². The summed E-state index contributed by atoms with van der Waals surface area (Å²) in [5.41, 5.74) is 1.55. The van der Waals surface area contributed by atoms with E-state index in [9.17, 15) is 14.4 Å². The number of carbonyl (C=O) groups is 3. The number of esters is 2. The van der Waals surface area contributed by atoms with Crippen molar-refractivity contribution in [1.29, 1.82) is 0 Å². The van der Waals surface area contributed by atoms with E-state index in [-0.39, 0.29) is 18.9 Å². The maximum Gasteiger partial charge on any atom is 0.344 e. The van der Waals surface area contributed by atoms with Gasteiger partial charge in [-0.1, -0.05) is 18.2 Å². The van der Waals surface area contributed by atoms with Crippen LogP contribution >= 0.6 is 0 Å². The minimum Gasteiger partial charge on any atom is -0.482 e. The Balaban J connectivity index is 2.01. The molecule has 1 aromatic heterocycles. The Kier molecular flexibility index (Phi) is 6.76.